The van der Waals surface area contributed by atoms with Gasteiger partial charge < -0.3 is 9.47 Å². The summed E-state index contributed by atoms with van der Waals surface area (Å²) >= 11 is 6.04. The van der Waals surface area contributed by atoms with Crippen LogP contribution < -0.4 is 4.74 Å². The van der Waals surface area contributed by atoms with Gasteiger partial charge in [-0.25, -0.2) is 0 Å². The van der Waals surface area contributed by atoms with Crippen LogP contribution >= 0.6 is 24.0 Å². The maximum atomic E-state index is 11.7. The van der Waals surface area contributed by atoms with Crippen molar-refractivity contribution in [3.63, 3.8) is 0 Å². The minimum absolute atomic E-state index is 0. The molecule has 0 radical (unpaired) electrons. The number of esters is 1. The molecule has 6 heteroatoms. The number of hydrogen-bond donors (Lipinski definition) is 0. The lowest BCUT2D eigenvalue weighted by molar-refractivity contribution is -0.149. The van der Waals surface area contributed by atoms with Gasteiger partial charge in [-0.3, -0.25) is 9.69 Å². The second kappa shape index (κ2) is 10.1. The summed E-state index contributed by atoms with van der Waals surface area (Å²) in [6.45, 7) is 9.71. The van der Waals surface area contributed by atoms with Crippen LogP contribution in [0.5, 0.6) is 5.75 Å². The number of ether oxygens (including phenoxy) is 2. The number of hydrogen-bond acceptors (Lipinski definition) is 4. The summed E-state index contributed by atoms with van der Waals surface area (Å²) in [7, 11) is 0. The van der Waals surface area contributed by atoms with Crippen molar-refractivity contribution in [3.8, 4) is 5.75 Å². The Kier molecular flexibility index (Phi) is 8.88. The summed E-state index contributed by atoms with van der Waals surface area (Å²) in [5.74, 6) is 0.944. The normalized spacial score (nSPS) is 15.7. The molecular weight excluding hydrogens is 349 g/mol. The van der Waals surface area contributed by atoms with Crippen LogP contribution in [0.2, 0.25) is 5.02 Å². The van der Waals surface area contributed by atoms with Crippen molar-refractivity contribution in [2.75, 3.05) is 32.8 Å². The zero-order chi connectivity index (χ0) is 16.8. The highest BCUT2D eigenvalue weighted by Crippen LogP contribution is 2.27. The van der Waals surface area contributed by atoms with Gasteiger partial charge in [-0.15, -0.1) is 12.4 Å². The number of nitrogens with zero attached hydrogens (tertiary/aromatic N) is 1. The molecule has 0 amide bonds. The highest BCUT2D eigenvalue weighted by molar-refractivity contribution is 6.30. The third-order valence-corrected chi connectivity index (χ3v) is 4.50. The van der Waals surface area contributed by atoms with Crippen LogP contribution in [0.3, 0.4) is 0 Å². The van der Waals surface area contributed by atoms with Gasteiger partial charge in [-0.2, -0.15) is 0 Å². The lowest BCUT2D eigenvalue weighted by atomic mass is 9.97. The van der Waals surface area contributed by atoms with E-state index in [9.17, 15) is 4.79 Å². The summed E-state index contributed by atoms with van der Waals surface area (Å²) in [6, 6.07) is 3.85. The first kappa shape index (κ1) is 21.1. The summed E-state index contributed by atoms with van der Waals surface area (Å²) in [6.07, 6.45) is 1.75. The fourth-order valence-corrected chi connectivity index (χ4v) is 3.38. The maximum Gasteiger partial charge on any atom is 0.309 e. The third kappa shape index (κ3) is 5.83. The molecular formula is C18H27Cl2NO3. The number of carbonyl (C=O) groups is 1. The number of piperidine rings is 1. The van der Waals surface area contributed by atoms with Crippen LogP contribution in [0, 0.1) is 19.8 Å². The summed E-state index contributed by atoms with van der Waals surface area (Å²) < 4.78 is 11.0. The minimum atomic E-state index is -0.0455. The summed E-state index contributed by atoms with van der Waals surface area (Å²) in [5.41, 5.74) is 2.13. The van der Waals surface area contributed by atoms with Crippen molar-refractivity contribution >= 4 is 30.0 Å². The third-order valence-electron chi connectivity index (χ3n) is 4.29. The zero-order valence-corrected chi connectivity index (χ0v) is 16.2. The molecule has 2 rings (SSSR count). The van der Waals surface area contributed by atoms with Crippen LogP contribution in [-0.2, 0) is 9.53 Å². The van der Waals surface area contributed by atoms with Gasteiger partial charge in [0, 0.05) is 11.6 Å². The standard InChI is InChI=1S/C18H26ClNO3.ClH/c1-4-22-18(21)15-5-7-20(8-6-15)9-10-23-17-13(2)11-16(19)12-14(17)3;/h11-12,15H,4-10H2,1-3H3;1H. The van der Waals surface area contributed by atoms with E-state index in [1.165, 1.54) is 0 Å². The molecule has 0 aromatic heterocycles. The van der Waals surface area contributed by atoms with E-state index in [2.05, 4.69) is 4.90 Å². The zero-order valence-electron chi connectivity index (χ0n) is 14.6. The number of halogens is 2. The highest BCUT2D eigenvalue weighted by Gasteiger charge is 2.25. The van der Waals surface area contributed by atoms with E-state index < -0.39 is 0 Å². The van der Waals surface area contributed by atoms with Gasteiger partial charge in [-0.1, -0.05) is 11.6 Å². The summed E-state index contributed by atoms with van der Waals surface area (Å²) in [5, 5.41) is 0.744. The quantitative estimate of drug-likeness (QED) is 0.703. The van der Waals surface area contributed by atoms with Gasteiger partial charge >= 0.3 is 5.97 Å². The van der Waals surface area contributed by atoms with E-state index in [1.54, 1.807) is 0 Å². The second-order valence-electron chi connectivity index (χ2n) is 6.09. The monoisotopic (exact) mass is 375 g/mol. The molecule has 136 valence electrons. The van der Waals surface area contributed by atoms with Gasteiger partial charge in [0.15, 0.2) is 0 Å². The molecule has 4 nitrogen and oxygen atoms in total. The average molecular weight is 376 g/mol. The molecule has 24 heavy (non-hydrogen) atoms. The summed E-state index contributed by atoms with van der Waals surface area (Å²) in [4.78, 5) is 14.1. The lowest BCUT2D eigenvalue weighted by Gasteiger charge is -2.30. The Bertz CT molecular complexity index is 520. The lowest BCUT2D eigenvalue weighted by Crippen LogP contribution is -2.39. The smallest absolute Gasteiger partial charge is 0.309 e. The molecule has 0 N–H and O–H groups in total. The minimum Gasteiger partial charge on any atom is -0.492 e. The molecule has 0 saturated carbocycles. The van der Waals surface area contributed by atoms with Crippen molar-refractivity contribution in [3.05, 3.63) is 28.3 Å². The van der Waals surface area contributed by atoms with E-state index >= 15 is 0 Å². The number of rotatable bonds is 6. The Balaban J connectivity index is 0.00000288. The Labute approximate surface area is 155 Å². The Morgan fingerprint density at radius 3 is 2.38 bits per heavy atom. The predicted molar refractivity (Wildman–Crippen MR) is 99.5 cm³/mol. The molecule has 1 saturated heterocycles. The number of carbonyl (C=O) groups excluding carboxylic acids is 1. The van der Waals surface area contributed by atoms with Crippen LogP contribution in [-0.4, -0.2) is 43.7 Å². The van der Waals surface area contributed by atoms with Crippen LogP contribution in [0.15, 0.2) is 12.1 Å². The molecule has 1 aliphatic rings. The molecule has 0 spiro atoms. The Morgan fingerprint density at radius 1 is 1.25 bits per heavy atom. The van der Waals surface area contributed by atoms with Crippen LogP contribution in [0.4, 0.5) is 0 Å². The van der Waals surface area contributed by atoms with Crippen LogP contribution in [0.1, 0.15) is 30.9 Å². The first-order chi connectivity index (χ1) is 11.0. The first-order valence-corrected chi connectivity index (χ1v) is 8.67. The first-order valence-electron chi connectivity index (χ1n) is 8.29. The molecule has 1 aromatic rings. The second-order valence-corrected chi connectivity index (χ2v) is 6.52. The average Bonchev–Trinajstić information content (AvgIpc) is 2.50. The van der Waals surface area contributed by atoms with E-state index in [1.807, 2.05) is 32.9 Å². The molecule has 1 heterocycles. The predicted octanol–water partition coefficient (Wildman–Crippen LogP) is 4.03. The maximum absolute atomic E-state index is 11.7. The number of likely N-dealkylation sites (tertiary alicyclic amines) is 1. The van der Waals surface area contributed by atoms with Crippen molar-refractivity contribution < 1.29 is 14.3 Å². The molecule has 0 unspecified atom stereocenters. The fourth-order valence-electron chi connectivity index (χ4n) is 3.05. The topological polar surface area (TPSA) is 38.8 Å². The van der Waals surface area contributed by atoms with Gasteiger partial charge in [-0.05, 0) is 70.0 Å². The van der Waals surface area contributed by atoms with Gasteiger partial charge in [0.2, 0.25) is 0 Å². The van der Waals surface area contributed by atoms with E-state index in [0.717, 1.165) is 54.4 Å². The van der Waals surface area contributed by atoms with Crippen molar-refractivity contribution in [2.24, 2.45) is 5.92 Å². The van der Waals surface area contributed by atoms with E-state index in [-0.39, 0.29) is 24.3 Å². The van der Waals surface area contributed by atoms with E-state index in [0.29, 0.717) is 13.2 Å². The molecule has 1 fully saturated rings. The molecule has 0 aliphatic carbocycles. The highest BCUT2D eigenvalue weighted by atomic mass is 35.5. The van der Waals surface area contributed by atoms with Crippen molar-refractivity contribution in [2.45, 2.75) is 33.6 Å². The number of benzene rings is 1. The Morgan fingerprint density at radius 2 is 1.83 bits per heavy atom. The Hall–Kier alpha value is -0.970. The van der Waals surface area contributed by atoms with E-state index in [4.69, 9.17) is 21.1 Å². The van der Waals surface area contributed by atoms with Gasteiger partial charge in [0.05, 0.1) is 12.5 Å². The molecule has 0 bridgehead atoms. The SMILES string of the molecule is CCOC(=O)C1CCN(CCOc2c(C)cc(Cl)cc2C)CC1.Cl. The number of aryl methyl sites for hydroxylation is 2. The van der Waals surface area contributed by atoms with Gasteiger partial charge in [0.25, 0.3) is 0 Å². The van der Waals surface area contributed by atoms with Crippen molar-refractivity contribution in [1.82, 2.24) is 4.90 Å². The van der Waals surface area contributed by atoms with Gasteiger partial charge in [0.1, 0.15) is 12.4 Å². The molecule has 0 atom stereocenters. The largest absolute Gasteiger partial charge is 0.492 e. The van der Waals surface area contributed by atoms with Crippen molar-refractivity contribution in [1.29, 1.82) is 0 Å². The molecule has 1 aromatic carbocycles. The fraction of sp³-hybridized carbons (Fsp3) is 0.611. The molecule has 1 aliphatic heterocycles. The van der Waals surface area contributed by atoms with Crippen LogP contribution in [0.25, 0.3) is 0 Å².